The molecule has 3 nitrogen and oxygen atoms in total. The Kier molecular flexibility index (Phi) is 4.63. The molecule has 1 aromatic heterocycles. The lowest BCUT2D eigenvalue weighted by molar-refractivity contribution is 0.0389. The highest BCUT2D eigenvalue weighted by Crippen LogP contribution is 2.32. The molecule has 1 saturated heterocycles. The standard InChI is InChI=1S/C21H23ClF2N2O/c1-15-4-6-17(25-14-15)3-2-8-21(24)9-11-26(12-10-21)20(27)16-5-7-19(23)18(22)13-16/h4-7,13-14H,2-3,8-12H2,1H3/i9D2,10D2. The van der Waals surface area contributed by atoms with E-state index >= 15 is 4.39 Å². The van der Waals surface area contributed by atoms with Crippen LogP contribution in [0.25, 0.3) is 0 Å². The summed E-state index contributed by atoms with van der Waals surface area (Å²) in [4.78, 5) is 17.9. The smallest absolute Gasteiger partial charge is 0.253 e. The van der Waals surface area contributed by atoms with Crippen LogP contribution in [0.1, 0.15) is 52.7 Å². The number of piperidine rings is 1. The number of aromatic nitrogens is 1. The molecule has 2 aromatic rings. The van der Waals surface area contributed by atoms with Crippen LogP contribution in [0, 0.1) is 12.7 Å². The van der Waals surface area contributed by atoms with Crippen LogP contribution in [0.5, 0.6) is 0 Å². The van der Waals surface area contributed by atoms with Crippen molar-refractivity contribution in [2.75, 3.05) is 13.1 Å². The van der Waals surface area contributed by atoms with E-state index in [0.717, 1.165) is 28.3 Å². The van der Waals surface area contributed by atoms with Crippen molar-refractivity contribution >= 4 is 17.5 Å². The molecule has 0 unspecified atom stereocenters. The van der Waals surface area contributed by atoms with Crippen LogP contribution >= 0.6 is 11.6 Å². The zero-order valence-corrected chi connectivity index (χ0v) is 15.7. The minimum absolute atomic E-state index is 0.0187. The van der Waals surface area contributed by atoms with Crippen molar-refractivity contribution in [2.24, 2.45) is 0 Å². The Hall–Kier alpha value is -2.01. The SMILES string of the molecule is [2H]C1([2H])CN(C(=O)c2ccc(F)c(Cl)c2)CC([2H])([2H])C1(F)CCCc1ccc(C)cn1. The monoisotopic (exact) mass is 396 g/mol. The van der Waals surface area contributed by atoms with Crippen LogP contribution in [0.4, 0.5) is 8.78 Å². The van der Waals surface area contributed by atoms with Gasteiger partial charge in [0.05, 0.1) is 5.02 Å². The highest BCUT2D eigenvalue weighted by atomic mass is 35.5. The maximum Gasteiger partial charge on any atom is 0.253 e. The van der Waals surface area contributed by atoms with Crippen LogP contribution in [0.15, 0.2) is 36.5 Å². The summed E-state index contributed by atoms with van der Waals surface area (Å²) >= 11 is 5.71. The van der Waals surface area contributed by atoms with Gasteiger partial charge < -0.3 is 4.90 Å². The minimum atomic E-state index is -2.79. The first kappa shape index (κ1) is 15.0. The topological polar surface area (TPSA) is 33.2 Å². The van der Waals surface area contributed by atoms with Crippen molar-refractivity contribution in [1.82, 2.24) is 9.88 Å². The molecule has 27 heavy (non-hydrogen) atoms. The molecule has 3 rings (SSSR count). The van der Waals surface area contributed by atoms with Crippen molar-refractivity contribution in [3.05, 3.63) is 64.2 Å². The predicted octanol–water partition coefficient (Wildman–Crippen LogP) is 5.15. The van der Waals surface area contributed by atoms with Crippen LogP contribution in [-0.4, -0.2) is 34.5 Å². The number of aryl methyl sites for hydroxylation is 2. The van der Waals surface area contributed by atoms with E-state index in [-0.39, 0.29) is 23.4 Å². The predicted molar refractivity (Wildman–Crippen MR) is 102 cm³/mol. The number of nitrogens with zero attached hydrogens (tertiary/aromatic N) is 2. The fourth-order valence-electron chi connectivity index (χ4n) is 2.85. The third-order valence-corrected chi connectivity index (χ3v) is 4.77. The average molecular weight is 397 g/mol. The molecule has 0 spiro atoms. The quantitative estimate of drug-likeness (QED) is 0.700. The Labute approximate surface area is 169 Å². The first-order valence-electron chi connectivity index (χ1n) is 10.7. The van der Waals surface area contributed by atoms with Gasteiger partial charge in [0.25, 0.3) is 5.91 Å². The zero-order valence-electron chi connectivity index (χ0n) is 18.9. The van der Waals surface area contributed by atoms with Crippen LogP contribution in [0.3, 0.4) is 0 Å². The number of amides is 1. The van der Waals surface area contributed by atoms with Crippen molar-refractivity contribution < 1.29 is 19.1 Å². The molecule has 2 heterocycles. The van der Waals surface area contributed by atoms with E-state index in [9.17, 15) is 9.18 Å². The van der Waals surface area contributed by atoms with E-state index < -0.39 is 43.2 Å². The molecule has 0 saturated carbocycles. The Balaban J connectivity index is 1.75. The van der Waals surface area contributed by atoms with Gasteiger partial charge in [-0.05, 0) is 68.8 Å². The van der Waals surface area contributed by atoms with Crippen LogP contribution < -0.4 is 0 Å². The van der Waals surface area contributed by atoms with Gasteiger partial charge in [0, 0.05) is 36.0 Å². The zero-order chi connectivity index (χ0) is 23.0. The summed E-state index contributed by atoms with van der Waals surface area (Å²) in [5.74, 6) is -1.45. The normalized spacial score (nSPS) is 22.3. The van der Waals surface area contributed by atoms with E-state index in [4.69, 9.17) is 17.1 Å². The molecule has 1 aliphatic heterocycles. The number of hydrogen-bond acceptors (Lipinski definition) is 2. The number of hydrogen-bond donors (Lipinski definition) is 0. The maximum atomic E-state index is 15.9. The first-order valence-corrected chi connectivity index (χ1v) is 9.09. The number of likely N-dealkylation sites (tertiary alicyclic amines) is 1. The second-order valence-corrected chi connectivity index (χ2v) is 7.03. The summed E-state index contributed by atoms with van der Waals surface area (Å²) in [5, 5.41) is -0.279. The van der Waals surface area contributed by atoms with E-state index in [0.29, 0.717) is 6.42 Å². The molecule has 0 radical (unpaired) electrons. The third-order valence-electron chi connectivity index (χ3n) is 4.48. The average Bonchev–Trinajstić information content (AvgIpc) is 2.69. The molecule has 1 aliphatic rings. The summed E-state index contributed by atoms with van der Waals surface area (Å²) in [7, 11) is 0. The molecule has 1 amide bonds. The van der Waals surface area contributed by atoms with Gasteiger partial charge in [-0.1, -0.05) is 17.7 Å². The lowest BCUT2D eigenvalue weighted by Gasteiger charge is -2.36. The lowest BCUT2D eigenvalue weighted by atomic mass is 9.87. The summed E-state index contributed by atoms with van der Waals surface area (Å²) in [6.07, 6.45) is -3.34. The van der Waals surface area contributed by atoms with Crippen molar-refractivity contribution in [2.45, 2.75) is 44.6 Å². The number of carbonyl (C=O) groups is 1. The van der Waals surface area contributed by atoms with E-state index in [2.05, 4.69) is 4.98 Å². The van der Waals surface area contributed by atoms with Gasteiger partial charge in [0.2, 0.25) is 0 Å². The second kappa shape index (κ2) is 8.34. The van der Waals surface area contributed by atoms with Crippen LogP contribution in [-0.2, 0) is 6.42 Å². The number of carbonyl (C=O) groups excluding carboxylic acids is 1. The largest absolute Gasteiger partial charge is 0.338 e. The van der Waals surface area contributed by atoms with Gasteiger partial charge in [-0.2, -0.15) is 0 Å². The van der Waals surface area contributed by atoms with E-state index in [1.807, 2.05) is 13.0 Å². The van der Waals surface area contributed by atoms with Crippen molar-refractivity contribution in [3.8, 4) is 0 Å². The fourth-order valence-corrected chi connectivity index (χ4v) is 3.03. The summed E-state index contributed by atoms with van der Waals surface area (Å²) in [6, 6.07) is 6.95. The molecule has 144 valence electrons. The van der Waals surface area contributed by atoms with Crippen molar-refractivity contribution in [1.29, 1.82) is 0 Å². The molecule has 1 fully saturated rings. The van der Waals surface area contributed by atoms with Gasteiger partial charge in [0.15, 0.2) is 0 Å². The van der Waals surface area contributed by atoms with Gasteiger partial charge in [-0.3, -0.25) is 9.78 Å². The van der Waals surface area contributed by atoms with Gasteiger partial charge >= 0.3 is 0 Å². The highest BCUT2D eigenvalue weighted by Gasteiger charge is 2.35. The Morgan fingerprint density at radius 1 is 1.33 bits per heavy atom. The Morgan fingerprint density at radius 3 is 2.70 bits per heavy atom. The molecule has 0 N–H and O–H groups in total. The van der Waals surface area contributed by atoms with Gasteiger partial charge in [-0.15, -0.1) is 0 Å². The van der Waals surface area contributed by atoms with Gasteiger partial charge in [0.1, 0.15) is 11.5 Å². The minimum Gasteiger partial charge on any atom is -0.338 e. The molecular weight excluding hydrogens is 370 g/mol. The Morgan fingerprint density at radius 2 is 2.07 bits per heavy atom. The maximum absolute atomic E-state index is 15.9. The van der Waals surface area contributed by atoms with Crippen molar-refractivity contribution in [3.63, 3.8) is 0 Å². The van der Waals surface area contributed by atoms with E-state index in [1.165, 1.54) is 6.07 Å². The Bertz CT molecular complexity index is 954. The molecule has 0 bridgehead atoms. The summed E-state index contributed by atoms with van der Waals surface area (Å²) in [6.45, 7) is 0.643. The first-order chi connectivity index (χ1) is 14.4. The molecule has 0 aliphatic carbocycles. The number of pyridine rings is 1. The molecule has 0 atom stereocenters. The molecular formula is C21H23ClF2N2O. The lowest BCUT2D eigenvalue weighted by Crippen LogP contribution is -2.44. The fraction of sp³-hybridized carbons (Fsp3) is 0.429. The third kappa shape index (κ3) is 5.04. The molecule has 1 aromatic carbocycles. The summed E-state index contributed by atoms with van der Waals surface area (Å²) < 4.78 is 62.3. The number of alkyl halides is 1. The highest BCUT2D eigenvalue weighted by molar-refractivity contribution is 6.31. The number of halogens is 3. The molecule has 6 heteroatoms. The second-order valence-electron chi connectivity index (χ2n) is 6.63. The van der Waals surface area contributed by atoms with Crippen LogP contribution in [0.2, 0.25) is 5.02 Å². The number of rotatable bonds is 5. The van der Waals surface area contributed by atoms with Gasteiger partial charge in [-0.25, -0.2) is 8.78 Å². The summed E-state index contributed by atoms with van der Waals surface area (Å²) in [5.41, 5.74) is -1.11. The van der Waals surface area contributed by atoms with E-state index in [1.54, 1.807) is 12.3 Å². The number of benzene rings is 1.